The Morgan fingerprint density at radius 3 is 2.93 bits per heavy atom. The van der Waals surface area contributed by atoms with E-state index in [2.05, 4.69) is 0 Å². The van der Waals surface area contributed by atoms with E-state index in [1.54, 1.807) is 12.1 Å². The van der Waals surface area contributed by atoms with Crippen molar-refractivity contribution in [3.63, 3.8) is 0 Å². The van der Waals surface area contributed by atoms with Crippen LogP contribution >= 0.6 is 22.9 Å². The van der Waals surface area contributed by atoms with Crippen LogP contribution in [0.3, 0.4) is 0 Å². The molecule has 2 nitrogen and oxygen atoms in total. The lowest BCUT2D eigenvalue weighted by atomic mass is 10.2. The second-order valence-electron chi connectivity index (χ2n) is 2.84. The van der Waals surface area contributed by atoms with Crippen LogP contribution in [0.4, 0.5) is 0 Å². The molecule has 0 atom stereocenters. The third-order valence-electron chi connectivity index (χ3n) is 1.85. The van der Waals surface area contributed by atoms with E-state index in [0.717, 1.165) is 15.1 Å². The van der Waals surface area contributed by atoms with Crippen LogP contribution in [0.25, 0.3) is 10.1 Å². The van der Waals surface area contributed by atoms with Crippen molar-refractivity contribution in [3.8, 4) is 10.8 Å². The van der Waals surface area contributed by atoms with E-state index in [1.807, 2.05) is 13.0 Å². The van der Waals surface area contributed by atoms with Crippen molar-refractivity contribution in [1.29, 1.82) is 0 Å². The van der Waals surface area contributed by atoms with E-state index in [4.69, 9.17) is 16.3 Å². The molecule has 0 unspecified atom stereocenters. The first-order valence-corrected chi connectivity index (χ1v) is 5.45. The molecular formula is C10H9ClO2S. The Morgan fingerprint density at radius 1 is 1.43 bits per heavy atom. The number of halogens is 1. The first kappa shape index (κ1) is 9.62. The number of aromatic hydroxyl groups is 1. The van der Waals surface area contributed by atoms with Crippen molar-refractivity contribution in [3.05, 3.63) is 23.2 Å². The molecule has 0 spiro atoms. The summed E-state index contributed by atoms with van der Waals surface area (Å²) in [5.41, 5.74) is 0. The molecule has 0 amide bonds. The molecule has 2 rings (SSSR count). The van der Waals surface area contributed by atoms with E-state index in [-0.39, 0.29) is 5.75 Å². The topological polar surface area (TPSA) is 29.5 Å². The maximum absolute atomic E-state index is 9.39. The Bertz CT molecular complexity index is 425. The van der Waals surface area contributed by atoms with E-state index in [9.17, 15) is 5.11 Å². The van der Waals surface area contributed by atoms with Crippen molar-refractivity contribution < 1.29 is 9.84 Å². The zero-order chi connectivity index (χ0) is 10.1. The average Bonchev–Trinajstić information content (AvgIpc) is 2.48. The van der Waals surface area contributed by atoms with Crippen molar-refractivity contribution in [2.45, 2.75) is 6.92 Å². The van der Waals surface area contributed by atoms with Gasteiger partial charge in [-0.1, -0.05) is 22.9 Å². The molecule has 1 heterocycles. The Hall–Kier alpha value is -0.930. The quantitative estimate of drug-likeness (QED) is 0.850. The normalized spacial score (nSPS) is 10.7. The lowest BCUT2D eigenvalue weighted by Gasteiger charge is -1.94. The van der Waals surface area contributed by atoms with Gasteiger partial charge in [0.1, 0.15) is 5.75 Å². The van der Waals surface area contributed by atoms with Gasteiger partial charge in [-0.25, -0.2) is 0 Å². The van der Waals surface area contributed by atoms with Crippen LogP contribution < -0.4 is 4.74 Å². The molecule has 0 aliphatic carbocycles. The number of fused-ring (bicyclic) bond motifs is 1. The Balaban J connectivity index is 2.54. The number of thiophene rings is 1. The van der Waals surface area contributed by atoms with Crippen molar-refractivity contribution in [2.75, 3.05) is 6.61 Å². The lowest BCUT2D eigenvalue weighted by Crippen LogP contribution is -1.86. The minimum atomic E-state index is 0.111. The summed E-state index contributed by atoms with van der Waals surface area (Å²) in [6.45, 7) is 2.58. The molecule has 0 radical (unpaired) electrons. The number of phenols is 1. The molecule has 74 valence electrons. The van der Waals surface area contributed by atoms with Crippen LogP contribution in [0.2, 0.25) is 5.02 Å². The largest absolute Gasteiger partial charge is 0.506 e. The molecule has 1 N–H and O–H groups in total. The molecule has 0 aliphatic heterocycles. The summed E-state index contributed by atoms with van der Waals surface area (Å²) in [6, 6.07) is 5.30. The smallest absolute Gasteiger partial charge is 0.174 e. The molecule has 0 aliphatic rings. The number of phenolic OH excluding ortho intramolecular Hbond substituents is 1. The fourth-order valence-electron chi connectivity index (χ4n) is 1.24. The molecule has 0 bridgehead atoms. The van der Waals surface area contributed by atoms with Crippen molar-refractivity contribution in [1.82, 2.24) is 0 Å². The molecule has 0 saturated heterocycles. The van der Waals surface area contributed by atoms with Crippen LogP contribution in [0.15, 0.2) is 18.2 Å². The Morgan fingerprint density at radius 2 is 2.21 bits per heavy atom. The highest BCUT2D eigenvalue weighted by molar-refractivity contribution is 7.20. The summed E-state index contributed by atoms with van der Waals surface area (Å²) in [5, 5.41) is 11.6. The first-order chi connectivity index (χ1) is 6.70. The van der Waals surface area contributed by atoms with Gasteiger partial charge in [-0.2, -0.15) is 0 Å². The number of rotatable bonds is 2. The molecule has 1 aromatic carbocycles. The third-order valence-corrected chi connectivity index (χ3v) is 3.16. The van der Waals surface area contributed by atoms with Crippen LogP contribution in [0.1, 0.15) is 6.92 Å². The first-order valence-electron chi connectivity index (χ1n) is 4.25. The average molecular weight is 229 g/mol. The van der Waals surface area contributed by atoms with Gasteiger partial charge in [0.25, 0.3) is 0 Å². The molecule has 2 aromatic rings. The maximum atomic E-state index is 9.39. The highest BCUT2D eigenvalue weighted by Crippen LogP contribution is 2.37. The standard InChI is InChI=1S/C10H9ClO2S/c1-2-13-10-4-6-3-8(12)7(11)5-9(6)14-10/h3-5,12H,2H2,1H3. The monoisotopic (exact) mass is 228 g/mol. The second kappa shape index (κ2) is 3.67. The van der Waals surface area contributed by atoms with Gasteiger partial charge in [0.05, 0.1) is 11.6 Å². The van der Waals surface area contributed by atoms with Crippen LogP contribution in [-0.2, 0) is 0 Å². The molecule has 14 heavy (non-hydrogen) atoms. The third kappa shape index (κ3) is 1.65. The predicted octanol–water partition coefficient (Wildman–Crippen LogP) is 3.66. The van der Waals surface area contributed by atoms with Crippen LogP contribution in [0.5, 0.6) is 10.8 Å². The molecule has 1 aromatic heterocycles. The zero-order valence-corrected chi connectivity index (χ0v) is 9.15. The van der Waals surface area contributed by atoms with Gasteiger partial charge in [-0.3, -0.25) is 0 Å². The van der Waals surface area contributed by atoms with Gasteiger partial charge in [0, 0.05) is 10.1 Å². The van der Waals surface area contributed by atoms with Crippen molar-refractivity contribution >= 4 is 33.0 Å². The van der Waals surface area contributed by atoms with E-state index < -0.39 is 0 Å². The van der Waals surface area contributed by atoms with Crippen molar-refractivity contribution in [2.24, 2.45) is 0 Å². The summed E-state index contributed by atoms with van der Waals surface area (Å²) < 4.78 is 6.39. The van der Waals surface area contributed by atoms with E-state index in [1.165, 1.54) is 11.3 Å². The van der Waals surface area contributed by atoms with Crippen LogP contribution in [0, 0.1) is 0 Å². The number of hydrogen-bond acceptors (Lipinski definition) is 3. The molecule has 0 fully saturated rings. The van der Waals surface area contributed by atoms with Gasteiger partial charge < -0.3 is 9.84 Å². The maximum Gasteiger partial charge on any atom is 0.174 e. The molecular weight excluding hydrogens is 220 g/mol. The summed E-state index contributed by atoms with van der Waals surface area (Å²) in [4.78, 5) is 0. The number of ether oxygens (including phenoxy) is 1. The minimum Gasteiger partial charge on any atom is -0.506 e. The number of hydrogen-bond donors (Lipinski definition) is 1. The summed E-state index contributed by atoms with van der Waals surface area (Å²) >= 11 is 7.32. The van der Waals surface area contributed by atoms with E-state index in [0.29, 0.717) is 11.6 Å². The SMILES string of the molecule is CCOc1cc2cc(O)c(Cl)cc2s1. The van der Waals surface area contributed by atoms with Gasteiger partial charge in [-0.15, -0.1) is 0 Å². The lowest BCUT2D eigenvalue weighted by molar-refractivity contribution is 0.350. The summed E-state index contributed by atoms with van der Waals surface area (Å²) in [7, 11) is 0. The summed E-state index contributed by atoms with van der Waals surface area (Å²) in [6.07, 6.45) is 0. The van der Waals surface area contributed by atoms with Crippen LogP contribution in [-0.4, -0.2) is 11.7 Å². The van der Waals surface area contributed by atoms with Gasteiger partial charge in [0.15, 0.2) is 5.06 Å². The highest BCUT2D eigenvalue weighted by atomic mass is 35.5. The van der Waals surface area contributed by atoms with Gasteiger partial charge in [0.2, 0.25) is 0 Å². The molecule has 0 saturated carbocycles. The molecule has 4 heteroatoms. The highest BCUT2D eigenvalue weighted by Gasteiger charge is 2.06. The fraction of sp³-hybridized carbons (Fsp3) is 0.200. The predicted molar refractivity (Wildman–Crippen MR) is 59.7 cm³/mol. The fourth-order valence-corrected chi connectivity index (χ4v) is 2.46. The van der Waals surface area contributed by atoms with E-state index >= 15 is 0 Å². The second-order valence-corrected chi connectivity index (χ2v) is 4.29. The van der Waals surface area contributed by atoms with Gasteiger partial charge >= 0.3 is 0 Å². The van der Waals surface area contributed by atoms with Gasteiger partial charge in [-0.05, 0) is 25.1 Å². The Labute approximate surface area is 90.7 Å². The minimum absolute atomic E-state index is 0.111. The Kier molecular flexibility index (Phi) is 2.52. The summed E-state index contributed by atoms with van der Waals surface area (Å²) in [5.74, 6) is 0.111. The number of benzene rings is 1. The zero-order valence-electron chi connectivity index (χ0n) is 7.58.